The van der Waals surface area contributed by atoms with Crippen LogP contribution in [0.25, 0.3) is 10.9 Å². The van der Waals surface area contributed by atoms with Gasteiger partial charge < -0.3 is 19.7 Å². The van der Waals surface area contributed by atoms with Gasteiger partial charge in [0.05, 0.1) is 25.5 Å². The Morgan fingerprint density at radius 1 is 1.17 bits per heavy atom. The van der Waals surface area contributed by atoms with Crippen molar-refractivity contribution in [1.29, 1.82) is 0 Å². The number of ether oxygens (including phenoxy) is 1. The maximum absolute atomic E-state index is 9.05. The highest BCUT2D eigenvalue weighted by molar-refractivity contribution is 5.98. The van der Waals surface area contributed by atoms with E-state index in [2.05, 4.69) is 27.0 Å². The Bertz CT molecular complexity index is 963. The van der Waals surface area contributed by atoms with Crippen LogP contribution in [0.3, 0.4) is 0 Å². The van der Waals surface area contributed by atoms with Crippen molar-refractivity contribution in [3.63, 3.8) is 0 Å². The third-order valence-corrected chi connectivity index (χ3v) is 5.06. The van der Waals surface area contributed by atoms with Crippen LogP contribution in [-0.2, 0) is 17.7 Å². The van der Waals surface area contributed by atoms with E-state index in [1.807, 2.05) is 30.6 Å². The normalized spacial score (nSPS) is 14.9. The summed E-state index contributed by atoms with van der Waals surface area (Å²) in [5.41, 5.74) is 3.10. The first-order chi connectivity index (χ1) is 14.3. The van der Waals surface area contributed by atoms with Gasteiger partial charge in [-0.2, -0.15) is 0 Å². The van der Waals surface area contributed by atoms with Gasteiger partial charge >= 0.3 is 0 Å². The zero-order valence-corrected chi connectivity index (χ0v) is 16.5. The number of nitrogens with zero attached hydrogens (tertiary/aromatic N) is 4. The van der Waals surface area contributed by atoms with Crippen LogP contribution in [0.4, 0.5) is 5.82 Å². The summed E-state index contributed by atoms with van der Waals surface area (Å²) in [7, 11) is 0. The Kier molecular flexibility index (Phi) is 6.49. The van der Waals surface area contributed by atoms with E-state index in [0.29, 0.717) is 6.54 Å². The summed E-state index contributed by atoms with van der Waals surface area (Å²) >= 11 is 0. The highest BCUT2D eigenvalue weighted by atomic mass is 16.5. The first-order valence-corrected chi connectivity index (χ1v) is 10.2. The van der Waals surface area contributed by atoms with Gasteiger partial charge in [0.15, 0.2) is 0 Å². The minimum atomic E-state index is 0.199. The van der Waals surface area contributed by atoms with Crippen molar-refractivity contribution >= 4 is 22.9 Å². The molecule has 1 aliphatic heterocycles. The zero-order valence-electron chi connectivity index (χ0n) is 16.5. The van der Waals surface area contributed by atoms with E-state index in [0.717, 1.165) is 79.4 Å². The van der Waals surface area contributed by atoms with E-state index in [1.54, 1.807) is 0 Å². The molecule has 0 atom stereocenters. The average Bonchev–Trinajstić information content (AvgIpc) is 3.18. The lowest BCUT2D eigenvalue weighted by Gasteiger charge is -2.28. The number of H-pyrrole nitrogens is 1. The molecule has 1 fully saturated rings. The lowest BCUT2D eigenvalue weighted by atomic mass is 10.2. The van der Waals surface area contributed by atoms with Crippen LogP contribution in [0.1, 0.15) is 29.9 Å². The lowest BCUT2D eigenvalue weighted by Crippen LogP contribution is -2.37. The van der Waals surface area contributed by atoms with Crippen molar-refractivity contribution in [2.24, 2.45) is 4.99 Å². The monoisotopic (exact) mass is 393 g/mol. The zero-order chi connectivity index (χ0) is 19.9. The summed E-state index contributed by atoms with van der Waals surface area (Å²) in [5.74, 6) is 1.76. The number of aliphatic imine (C=N–C) groups is 1. The fraction of sp³-hybridized carbons (Fsp3) is 0.409. The summed E-state index contributed by atoms with van der Waals surface area (Å²) in [6, 6.07) is 10.2. The second kappa shape index (κ2) is 9.62. The van der Waals surface area contributed by atoms with Gasteiger partial charge in [-0.15, -0.1) is 0 Å². The molecule has 1 aromatic carbocycles. The van der Waals surface area contributed by atoms with Crippen LogP contribution in [0.5, 0.6) is 0 Å². The number of anilines is 1. The largest absolute Gasteiger partial charge is 0.396 e. The number of aliphatic hydroxyl groups excluding tert-OH is 1. The number of rotatable bonds is 8. The van der Waals surface area contributed by atoms with Crippen LogP contribution >= 0.6 is 0 Å². The van der Waals surface area contributed by atoms with Crippen molar-refractivity contribution in [2.45, 2.75) is 25.8 Å². The van der Waals surface area contributed by atoms with E-state index in [9.17, 15) is 0 Å². The number of para-hydroxylation sites is 1. The van der Waals surface area contributed by atoms with Crippen LogP contribution < -0.4 is 4.90 Å². The molecule has 0 unspecified atom stereocenters. The average molecular weight is 393 g/mol. The number of aliphatic hydroxyl groups is 1. The van der Waals surface area contributed by atoms with Crippen molar-refractivity contribution < 1.29 is 9.84 Å². The second-order valence-corrected chi connectivity index (χ2v) is 7.17. The van der Waals surface area contributed by atoms with E-state index >= 15 is 0 Å². The Morgan fingerprint density at radius 3 is 2.90 bits per heavy atom. The maximum atomic E-state index is 9.05. The molecule has 0 amide bonds. The number of aromatic amines is 1. The molecule has 3 heterocycles. The number of nitrogens with one attached hydrogen (secondary N) is 1. The molecule has 0 bridgehead atoms. The van der Waals surface area contributed by atoms with Gasteiger partial charge in [-0.25, -0.2) is 9.97 Å². The molecule has 1 aliphatic rings. The fourth-order valence-corrected chi connectivity index (χ4v) is 3.52. The van der Waals surface area contributed by atoms with Gasteiger partial charge in [0, 0.05) is 61.1 Å². The van der Waals surface area contributed by atoms with Gasteiger partial charge in [-0.1, -0.05) is 18.2 Å². The Balaban J connectivity index is 1.52. The van der Waals surface area contributed by atoms with Crippen LogP contribution in [-0.4, -0.2) is 59.2 Å². The van der Waals surface area contributed by atoms with Gasteiger partial charge in [0.1, 0.15) is 11.6 Å². The molecule has 1 saturated heterocycles. The number of benzene rings is 1. The van der Waals surface area contributed by atoms with Crippen molar-refractivity contribution in [3.05, 3.63) is 53.6 Å². The van der Waals surface area contributed by atoms with E-state index in [4.69, 9.17) is 19.8 Å². The number of unbranched alkanes of at least 4 members (excludes halogenated alkanes) is 1. The molecule has 2 aromatic heterocycles. The third-order valence-electron chi connectivity index (χ3n) is 5.06. The van der Waals surface area contributed by atoms with Crippen molar-refractivity contribution in [1.82, 2.24) is 15.0 Å². The Morgan fingerprint density at radius 2 is 2.03 bits per heavy atom. The molecule has 0 radical (unpaired) electrons. The van der Waals surface area contributed by atoms with Crippen LogP contribution in [0.15, 0.2) is 41.5 Å². The topological polar surface area (TPSA) is 86.6 Å². The van der Waals surface area contributed by atoms with Crippen LogP contribution in [0.2, 0.25) is 0 Å². The minimum absolute atomic E-state index is 0.199. The summed E-state index contributed by atoms with van der Waals surface area (Å²) in [5, 5.41) is 10.2. The van der Waals surface area contributed by atoms with E-state index in [1.165, 1.54) is 0 Å². The summed E-state index contributed by atoms with van der Waals surface area (Å²) in [4.78, 5) is 19.6. The number of morpholine rings is 1. The first-order valence-electron chi connectivity index (χ1n) is 10.2. The maximum Gasteiger partial charge on any atom is 0.132 e. The second-order valence-electron chi connectivity index (χ2n) is 7.17. The molecule has 0 spiro atoms. The van der Waals surface area contributed by atoms with Gasteiger partial charge in [-0.05, 0) is 18.9 Å². The Labute approximate surface area is 170 Å². The molecule has 2 N–H and O–H groups in total. The molecule has 7 heteroatoms. The third kappa shape index (κ3) is 4.99. The lowest BCUT2D eigenvalue weighted by molar-refractivity contribution is 0.122. The van der Waals surface area contributed by atoms with Crippen molar-refractivity contribution in [3.8, 4) is 0 Å². The quantitative estimate of drug-likeness (QED) is 0.454. The molecular weight excluding hydrogens is 366 g/mol. The predicted molar refractivity (Wildman–Crippen MR) is 115 cm³/mol. The molecule has 0 aliphatic carbocycles. The molecule has 0 saturated carbocycles. The number of fused-ring (bicyclic) bond motifs is 1. The van der Waals surface area contributed by atoms with Gasteiger partial charge in [-0.3, -0.25) is 4.99 Å². The van der Waals surface area contributed by atoms with E-state index in [-0.39, 0.29) is 6.61 Å². The highest BCUT2D eigenvalue weighted by Gasteiger charge is 2.15. The fourth-order valence-electron chi connectivity index (χ4n) is 3.52. The summed E-state index contributed by atoms with van der Waals surface area (Å²) in [6.45, 7) is 3.82. The number of aryl methyl sites for hydroxylation is 1. The smallest absolute Gasteiger partial charge is 0.132 e. The molecule has 3 aromatic rings. The van der Waals surface area contributed by atoms with Gasteiger partial charge in [0.2, 0.25) is 0 Å². The summed E-state index contributed by atoms with van der Waals surface area (Å²) in [6.07, 6.45) is 6.28. The number of hydrogen-bond acceptors (Lipinski definition) is 6. The minimum Gasteiger partial charge on any atom is -0.396 e. The summed E-state index contributed by atoms with van der Waals surface area (Å²) < 4.78 is 5.46. The molecule has 7 nitrogen and oxygen atoms in total. The van der Waals surface area contributed by atoms with E-state index < -0.39 is 0 Å². The Hall–Kier alpha value is -2.77. The SMILES string of the molecule is OCCCCc1nc(CN=Cc2c[nH]c3ccccc23)cc(N2CCOCC2)n1. The molecule has 152 valence electrons. The standard InChI is InChI=1S/C22H27N5O2/c28-10-4-3-7-21-25-18(13-22(26-21)27-8-11-29-12-9-27)16-23-14-17-15-24-20-6-2-1-5-19(17)20/h1-2,5-6,13-15,24,28H,3-4,7-12,16H2. The van der Waals surface area contributed by atoms with Crippen molar-refractivity contribution in [2.75, 3.05) is 37.8 Å². The number of hydrogen-bond donors (Lipinski definition) is 2. The molecule has 4 rings (SSSR count). The predicted octanol–water partition coefficient (Wildman–Crippen LogP) is 2.73. The number of aromatic nitrogens is 3. The first kappa shape index (κ1) is 19.5. The van der Waals surface area contributed by atoms with Gasteiger partial charge in [0.25, 0.3) is 0 Å². The molecule has 29 heavy (non-hydrogen) atoms. The molecular formula is C22H27N5O2. The highest BCUT2D eigenvalue weighted by Crippen LogP contribution is 2.18. The van der Waals surface area contributed by atoms with Crippen LogP contribution in [0, 0.1) is 0 Å².